The minimum atomic E-state index is -0.590. The number of likely N-dealkylation sites (tertiary alicyclic amines) is 1. The van der Waals surface area contributed by atoms with Gasteiger partial charge in [-0.05, 0) is 53.9 Å². The molecule has 0 aromatic rings. The van der Waals surface area contributed by atoms with Gasteiger partial charge < -0.3 is 14.4 Å². The molecule has 3 aliphatic rings. The molecule has 7 heteroatoms. The molecular formula is C22H39N3O4. The number of carbonyl (C=O) groups is 2. The third-order valence-corrected chi connectivity index (χ3v) is 6.07. The largest absolute Gasteiger partial charge is 0.444 e. The first-order valence-electron chi connectivity index (χ1n) is 11.3. The fourth-order valence-corrected chi connectivity index (χ4v) is 4.52. The van der Waals surface area contributed by atoms with Gasteiger partial charge in [0.25, 0.3) is 0 Å². The number of amides is 2. The van der Waals surface area contributed by atoms with Crippen molar-refractivity contribution < 1.29 is 19.1 Å². The third-order valence-electron chi connectivity index (χ3n) is 6.07. The molecule has 2 heterocycles. The first-order valence-corrected chi connectivity index (χ1v) is 11.3. The molecule has 0 aromatic heterocycles. The summed E-state index contributed by atoms with van der Waals surface area (Å²) in [5.74, 6) is 0.0428. The minimum absolute atomic E-state index is 0.0428. The van der Waals surface area contributed by atoms with Crippen LogP contribution in [0, 0.1) is 0 Å². The Morgan fingerprint density at radius 2 is 1.72 bits per heavy atom. The van der Waals surface area contributed by atoms with Crippen molar-refractivity contribution in [2.45, 2.75) is 96.6 Å². The molecule has 2 atom stereocenters. The topological polar surface area (TPSA) is 62.3 Å². The minimum Gasteiger partial charge on any atom is -0.444 e. The first-order chi connectivity index (χ1) is 13.6. The number of hydrogen-bond donors (Lipinski definition) is 0. The van der Waals surface area contributed by atoms with Crippen molar-refractivity contribution in [1.29, 1.82) is 0 Å². The van der Waals surface area contributed by atoms with Crippen molar-refractivity contribution >= 4 is 12.0 Å². The molecule has 2 saturated heterocycles. The molecule has 0 radical (unpaired) electrons. The van der Waals surface area contributed by atoms with Gasteiger partial charge in [-0.25, -0.2) is 4.79 Å². The molecule has 29 heavy (non-hydrogen) atoms. The molecule has 0 spiro atoms. The number of nitrogens with zero attached hydrogens (tertiary/aromatic N) is 3. The number of rotatable bonds is 4. The van der Waals surface area contributed by atoms with E-state index >= 15 is 0 Å². The van der Waals surface area contributed by atoms with Crippen molar-refractivity contribution in [3.05, 3.63) is 0 Å². The van der Waals surface area contributed by atoms with Crippen molar-refractivity contribution in [3.8, 4) is 0 Å². The van der Waals surface area contributed by atoms with Crippen LogP contribution < -0.4 is 0 Å². The van der Waals surface area contributed by atoms with Gasteiger partial charge in [-0.1, -0.05) is 6.42 Å². The summed E-state index contributed by atoms with van der Waals surface area (Å²) in [5.41, 5.74) is -0.590. The second-order valence-electron chi connectivity index (χ2n) is 9.99. The van der Waals surface area contributed by atoms with Gasteiger partial charge in [0.05, 0.1) is 18.8 Å². The Kier molecular flexibility index (Phi) is 7.10. The smallest absolute Gasteiger partial charge is 0.411 e. The van der Waals surface area contributed by atoms with Crippen LogP contribution in [-0.2, 0) is 14.3 Å². The predicted octanol–water partition coefficient (Wildman–Crippen LogP) is 2.88. The summed E-state index contributed by atoms with van der Waals surface area (Å²) in [6, 6.07) is 0.211. The summed E-state index contributed by atoms with van der Waals surface area (Å²) in [5, 5.41) is 0. The molecule has 0 aromatic carbocycles. The Balaban J connectivity index is 1.66. The van der Waals surface area contributed by atoms with E-state index < -0.39 is 17.7 Å². The Morgan fingerprint density at radius 3 is 2.31 bits per heavy atom. The second-order valence-corrected chi connectivity index (χ2v) is 9.99. The molecule has 2 amide bonds. The lowest BCUT2D eigenvalue weighted by molar-refractivity contribution is -0.136. The van der Waals surface area contributed by atoms with Crippen LogP contribution in [0.15, 0.2) is 0 Å². The zero-order valence-electron chi connectivity index (χ0n) is 18.9. The maximum Gasteiger partial charge on any atom is 0.411 e. The van der Waals surface area contributed by atoms with E-state index in [0.29, 0.717) is 19.0 Å². The lowest BCUT2D eigenvalue weighted by Gasteiger charge is -2.37. The highest BCUT2D eigenvalue weighted by molar-refractivity contribution is 5.86. The molecule has 3 rings (SSSR count). The van der Waals surface area contributed by atoms with Crippen LogP contribution in [0.5, 0.6) is 0 Å². The highest BCUT2D eigenvalue weighted by Crippen LogP contribution is 2.28. The standard InChI is InChI=1S/C22H39N3O4/c1-16(2)28-18-14-19(25(15-18)21(27)29-22(3,4)5)20(26)24-11-7-10-23(12-13-24)17-8-6-9-17/h16-19H,6-15H2,1-5H3/t18-,19+/m1/s1. The number of hydrogen-bond acceptors (Lipinski definition) is 5. The van der Waals surface area contributed by atoms with Gasteiger partial charge in [-0.2, -0.15) is 0 Å². The zero-order chi connectivity index (χ0) is 21.2. The lowest BCUT2D eigenvalue weighted by Crippen LogP contribution is -2.50. The molecule has 7 nitrogen and oxygen atoms in total. The SMILES string of the molecule is CC(C)O[C@@H]1C[C@@H](C(=O)N2CCCN(C3CCC3)CC2)N(C(=O)OC(C)(C)C)C1. The highest BCUT2D eigenvalue weighted by atomic mass is 16.6. The Morgan fingerprint density at radius 1 is 1.00 bits per heavy atom. The van der Waals surface area contributed by atoms with Crippen LogP contribution in [0.2, 0.25) is 0 Å². The van der Waals surface area contributed by atoms with Crippen LogP contribution in [-0.4, -0.2) is 89.3 Å². The molecule has 0 unspecified atom stereocenters. The van der Waals surface area contributed by atoms with E-state index in [9.17, 15) is 9.59 Å². The molecule has 166 valence electrons. The van der Waals surface area contributed by atoms with Crippen molar-refractivity contribution in [2.75, 3.05) is 32.7 Å². The van der Waals surface area contributed by atoms with Crippen molar-refractivity contribution in [1.82, 2.24) is 14.7 Å². The number of carbonyl (C=O) groups excluding carboxylic acids is 2. The second kappa shape index (κ2) is 9.21. The van der Waals surface area contributed by atoms with E-state index in [1.165, 1.54) is 19.3 Å². The van der Waals surface area contributed by atoms with Crippen molar-refractivity contribution in [2.24, 2.45) is 0 Å². The van der Waals surface area contributed by atoms with Gasteiger partial charge in [-0.15, -0.1) is 0 Å². The van der Waals surface area contributed by atoms with Crippen LogP contribution >= 0.6 is 0 Å². The number of ether oxygens (including phenoxy) is 2. The Hall–Kier alpha value is -1.34. The molecule has 1 aliphatic carbocycles. The van der Waals surface area contributed by atoms with Gasteiger partial charge in [-0.3, -0.25) is 14.6 Å². The van der Waals surface area contributed by atoms with E-state index in [-0.39, 0.29) is 18.1 Å². The third kappa shape index (κ3) is 5.85. The van der Waals surface area contributed by atoms with Gasteiger partial charge >= 0.3 is 6.09 Å². The Bertz CT molecular complexity index is 585. The Labute approximate surface area is 175 Å². The van der Waals surface area contributed by atoms with E-state index in [1.54, 1.807) is 4.90 Å². The maximum atomic E-state index is 13.4. The molecule has 3 fully saturated rings. The monoisotopic (exact) mass is 409 g/mol. The lowest BCUT2D eigenvalue weighted by atomic mass is 9.91. The quantitative estimate of drug-likeness (QED) is 0.714. The summed E-state index contributed by atoms with van der Waals surface area (Å²) in [4.78, 5) is 32.3. The van der Waals surface area contributed by atoms with Crippen LogP contribution in [0.4, 0.5) is 4.79 Å². The van der Waals surface area contributed by atoms with E-state index in [2.05, 4.69) is 4.90 Å². The molecule has 1 saturated carbocycles. The van der Waals surface area contributed by atoms with E-state index in [4.69, 9.17) is 9.47 Å². The van der Waals surface area contributed by atoms with Crippen molar-refractivity contribution in [3.63, 3.8) is 0 Å². The molecular weight excluding hydrogens is 370 g/mol. The first kappa shape index (κ1) is 22.3. The molecule has 0 N–H and O–H groups in total. The summed E-state index contributed by atoms with van der Waals surface area (Å²) < 4.78 is 11.5. The van der Waals surface area contributed by atoms with E-state index in [0.717, 1.165) is 32.6 Å². The van der Waals surface area contributed by atoms with Crippen LogP contribution in [0.1, 0.15) is 66.7 Å². The highest BCUT2D eigenvalue weighted by Gasteiger charge is 2.44. The summed E-state index contributed by atoms with van der Waals surface area (Å²) in [6.07, 6.45) is 4.95. The van der Waals surface area contributed by atoms with E-state index in [1.807, 2.05) is 39.5 Å². The average Bonchev–Trinajstić information content (AvgIpc) is 2.82. The fourth-order valence-electron chi connectivity index (χ4n) is 4.52. The maximum absolute atomic E-state index is 13.4. The average molecular weight is 410 g/mol. The summed E-state index contributed by atoms with van der Waals surface area (Å²) in [6.45, 7) is 13.4. The molecule has 0 bridgehead atoms. The fraction of sp³-hybridized carbons (Fsp3) is 0.909. The molecule has 2 aliphatic heterocycles. The zero-order valence-corrected chi connectivity index (χ0v) is 18.9. The normalized spacial score (nSPS) is 27.1. The van der Waals surface area contributed by atoms with Crippen LogP contribution in [0.25, 0.3) is 0 Å². The van der Waals surface area contributed by atoms with Gasteiger partial charge in [0.1, 0.15) is 11.6 Å². The van der Waals surface area contributed by atoms with Gasteiger partial charge in [0.15, 0.2) is 0 Å². The van der Waals surface area contributed by atoms with Gasteiger partial charge in [0, 0.05) is 38.6 Å². The summed E-state index contributed by atoms with van der Waals surface area (Å²) in [7, 11) is 0. The van der Waals surface area contributed by atoms with Gasteiger partial charge in [0.2, 0.25) is 5.91 Å². The van der Waals surface area contributed by atoms with Crippen LogP contribution in [0.3, 0.4) is 0 Å². The predicted molar refractivity (Wildman–Crippen MR) is 112 cm³/mol. The summed E-state index contributed by atoms with van der Waals surface area (Å²) >= 11 is 0.